The van der Waals surface area contributed by atoms with Gasteiger partial charge in [0, 0.05) is 12.1 Å². The summed E-state index contributed by atoms with van der Waals surface area (Å²) >= 11 is 0. The predicted octanol–water partition coefficient (Wildman–Crippen LogP) is 3.55. The Kier molecular flexibility index (Phi) is 7.22. The molecule has 1 N–H and O–H groups in total. The lowest BCUT2D eigenvalue weighted by Crippen LogP contribution is -2.45. The van der Waals surface area contributed by atoms with Crippen molar-refractivity contribution in [3.05, 3.63) is 89.5 Å². The maximum absolute atomic E-state index is 12.8. The fourth-order valence-electron chi connectivity index (χ4n) is 3.63. The first-order valence-corrected chi connectivity index (χ1v) is 11.2. The van der Waals surface area contributed by atoms with Crippen LogP contribution in [0.2, 0.25) is 0 Å². The number of benzene rings is 3. The van der Waals surface area contributed by atoms with Crippen molar-refractivity contribution in [2.24, 2.45) is 0 Å². The van der Waals surface area contributed by atoms with Crippen molar-refractivity contribution in [1.29, 1.82) is 0 Å². The zero-order chi connectivity index (χ0) is 23.9. The number of carbonyl (C=O) groups excluding carboxylic acids is 3. The molecule has 2 amide bonds. The quantitative estimate of drug-likeness (QED) is 0.496. The van der Waals surface area contributed by atoms with Crippen molar-refractivity contribution in [2.45, 2.75) is 19.9 Å². The number of hydrogen-bond acceptors (Lipinski definition) is 5. The molecular weight excluding hydrogens is 432 g/mol. The van der Waals surface area contributed by atoms with E-state index in [0.29, 0.717) is 29.3 Å². The summed E-state index contributed by atoms with van der Waals surface area (Å²) in [7, 11) is 0. The molecule has 0 bridgehead atoms. The molecule has 4 rings (SSSR count). The Morgan fingerprint density at radius 3 is 2.59 bits per heavy atom. The molecule has 174 valence electrons. The fourth-order valence-corrected chi connectivity index (χ4v) is 3.63. The predicted molar refractivity (Wildman–Crippen MR) is 128 cm³/mol. The van der Waals surface area contributed by atoms with E-state index in [0.717, 1.165) is 17.5 Å². The van der Waals surface area contributed by atoms with Crippen molar-refractivity contribution in [2.75, 3.05) is 24.7 Å². The highest BCUT2D eigenvalue weighted by molar-refractivity contribution is 6.04. The topological polar surface area (TPSA) is 84.9 Å². The molecule has 0 saturated heterocycles. The number of aryl methyl sites for hydroxylation is 1. The van der Waals surface area contributed by atoms with Gasteiger partial charge in [-0.15, -0.1) is 0 Å². The highest BCUT2D eigenvalue weighted by Crippen LogP contribution is 2.33. The van der Waals surface area contributed by atoms with Crippen LogP contribution in [0.25, 0.3) is 0 Å². The molecule has 1 aliphatic heterocycles. The highest BCUT2D eigenvalue weighted by Gasteiger charge is 2.28. The Morgan fingerprint density at radius 1 is 1.00 bits per heavy atom. The van der Waals surface area contributed by atoms with E-state index >= 15 is 0 Å². The maximum Gasteiger partial charge on any atom is 0.265 e. The summed E-state index contributed by atoms with van der Waals surface area (Å²) in [5.41, 5.74) is 2.85. The second-order valence-corrected chi connectivity index (χ2v) is 7.93. The molecule has 7 heteroatoms. The minimum absolute atomic E-state index is 0.141. The molecular formula is C27H26N2O5. The van der Waals surface area contributed by atoms with Crippen LogP contribution in [0.15, 0.2) is 72.8 Å². The van der Waals surface area contributed by atoms with Crippen LogP contribution in [-0.4, -0.2) is 37.4 Å². The second kappa shape index (κ2) is 10.7. The molecule has 3 aromatic carbocycles. The molecule has 1 heterocycles. The zero-order valence-corrected chi connectivity index (χ0v) is 19.0. The third kappa shape index (κ3) is 5.61. The molecule has 0 radical (unpaired) electrons. The summed E-state index contributed by atoms with van der Waals surface area (Å²) in [6.45, 7) is 1.94. The van der Waals surface area contributed by atoms with Gasteiger partial charge < -0.3 is 14.8 Å². The third-order valence-electron chi connectivity index (χ3n) is 5.53. The number of nitrogens with one attached hydrogen (secondary N) is 1. The van der Waals surface area contributed by atoms with Crippen LogP contribution in [-0.2, 0) is 22.6 Å². The van der Waals surface area contributed by atoms with Crippen LogP contribution in [0.4, 0.5) is 5.69 Å². The van der Waals surface area contributed by atoms with Crippen LogP contribution < -0.4 is 19.7 Å². The molecule has 0 saturated carbocycles. The largest absolute Gasteiger partial charge is 0.485 e. The van der Waals surface area contributed by atoms with Crippen LogP contribution in [0.5, 0.6) is 11.5 Å². The monoisotopic (exact) mass is 458 g/mol. The Labute approximate surface area is 198 Å². The lowest BCUT2D eigenvalue weighted by Gasteiger charge is -2.29. The minimum Gasteiger partial charge on any atom is -0.485 e. The molecule has 0 unspecified atom stereocenters. The molecule has 7 nitrogen and oxygen atoms in total. The molecule has 34 heavy (non-hydrogen) atoms. The number of nitrogens with zero attached hydrogens (tertiary/aromatic N) is 1. The maximum atomic E-state index is 12.8. The van der Waals surface area contributed by atoms with E-state index in [1.165, 1.54) is 4.90 Å². The van der Waals surface area contributed by atoms with Gasteiger partial charge in [-0.05, 0) is 47.9 Å². The van der Waals surface area contributed by atoms with E-state index in [1.807, 2.05) is 54.6 Å². The second-order valence-electron chi connectivity index (χ2n) is 7.93. The fraction of sp³-hybridized carbons (Fsp3) is 0.222. The number of amides is 2. The number of Topliss-reactive ketones (excluding diaryl/α,β-unsaturated/α-hetero) is 1. The van der Waals surface area contributed by atoms with Gasteiger partial charge >= 0.3 is 0 Å². The molecule has 0 aliphatic carbocycles. The summed E-state index contributed by atoms with van der Waals surface area (Å²) < 4.78 is 11.2. The zero-order valence-electron chi connectivity index (χ0n) is 19.0. The molecule has 0 fully saturated rings. The normalized spacial score (nSPS) is 12.5. The highest BCUT2D eigenvalue weighted by atomic mass is 16.5. The van der Waals surface area contributed by atoms with E-state index in [-0.39, 0.29) is 37.4 Å². The number of rotatable bonds is 9. The molecule has 3 aromatic rings. The van der Waals surface area contributed by atoms with Gasteiger partial charge in [-0.2, -0.15) is 0 Å². The van der Waals surface area contributed by atoms with Crippen molar-refractivity contribution in [1.82, 2.24) is 5.32 Å². The van der Waals surface area contributed by atoms with Gasteiger partial charge in [0.25, 0.3) is 5.91 Å². The smallest absolute Gasteiger partial charge is 0.265 e. The Morgan fingerprint density at radius 2 is 1.79 bits per heavy atom. The molecule has 1 aliphatic rings. The number of ketones is 1. The summed E-state index contributed by atoms with van der Waals surface area (Å²) in [5.74, 6) is 0.182. The summed E-state index contributed by atoms with van der Waals surface area (Å²) in [6.07, 6.45) is 0.874. The molecule has 0 spiro atoms. The van der Waals surface area contributed by atoms with E-state index in [1.54, 1.807) is 18.2 Å². The summed E-state index contributed by atoms with van der Waals surface area (Å²) in [5, 5.41) is 2.82. The SMILES string of the molecule is CCc1cccc(OCC(=O)c2ccc3c(c2)N(CC(=O)NCc2ccccc2)C(=O)CO3)c1. The summed E-state index contributed by atoms with van der Waals surface area (Å²) in [6, 6.07) is 22.0. The van der Waals surface area contributed by atoms with Crippen LogP contribution >= 0.6 is 0 Å². The van der Waals surface area contributed by atoms with Gasteiger partial charge in [-0.1, -0.05) is 49.4 Å². The van der Waals surface area contributed by atoms with Crippen LogP contribution in [0, 0.1) is 0 Å². The summed E-state index contributed by atoms with van der Waals surface area (Å²) in [4.78, 5) is 39.2. The van der Waals surface area contributed by atoms with Gasteiger partial charge in [-0.25, -0.2) is 0 Å². The third-order valence-corrected chi connectivity index (χ3v) is 5.53. The minimum atomic E-state index is -0.348. The number of fused-ring (bicyclic) bond motifs is 1. The van der Waals surface area contributed by atoms with E-state index in [4.69, 9.17) is 9.47 Å². The van der Waals surface area contributed by atoms with Gasteiger partial charge in [-0.3, -0.25) is 19.3 Å². The van der Waals surface area contributed by atoms with Gasteiger partial charge in [0.1, 0.15) is 18.0 Å². The Balaban J connectivity index is 1.43. The van der Waals surface area contributed by atoms with Gasteiger partial charge in [0.15, 0.2) is 19.0 Å². The lowest BCUT2D eigenvalue weighted by atomic mass is 10.1. The average Bonchev–Trinajstić information content (AvgIpc) is 2.88. The lowest BCUT2D eigenvalue weighted by molar-refractivity contribution is -0.125. The standard InChI is InChI=1S/C27H26N2O5/c1-2-19-9-6-10-22(13-19)33-17-24(30)21-11-12-25-23(14-21)29(27(32)18-34-25)16-26(31)28-15-20-7-4-3-5-8-20/h3-14H,2,15-18H2,1H3,(H,28,31). The van der Waals surface area contributed by atoms with Crippen molar-refractivity contribution in [3.63, 3.8) is 0 Å². The van der Waals surface area contributed by atoms with Crippen molar-refractivity contribution in [3.8, 4) is 11.5 Å². The van der Waals surface area contributed by atoms with Gasteiger partial charge in [0.05, 0.1) is 5.69 Å². The number of carbonyl (C=O) groups is 3. The van der Waals surface area contributed by atoms with Crippen LogP contribution in [0.1, 0.15) is 28.4 Å². The van der Waals surface area contributed by atoms with Gasteiger partial charge in [0.2, 0.25) is 5.91 Å². The van der Waals surface area contributed by atoms with E-state index in [2.05, 4.69) is 12.2 Å². The van der Waals surface area contributed by atoms with E-state index in [9.17, 15) is 14.4 Å². The van der Waals surface area contributed by atoms with Crippen LogP contribution in [0.3, 0.4) is 0 Å². The number of hydrogen-bond donors (Lipinski definition) is 1. The Hall–Kier alpha value is -4.13. The number of ether oxygens (including phenoxy) is 2. The van der Waals surface area contributed by atoms with Crippen molar-refractivity contribution < 1.29 is 23.9 Å². The Bertz CT molecular complexity index is 1190. The first kappa shape index (κ1) is 23.0. The van der Waals surface area contributed by atoms with Crippen molar-refractivity contribution >= 4 is 23.3 Å². The van der Waals surface area contributed by atoms with E-state index < -0.39 is 0 Å². The first-order chi connectivity index (χ1) is 16.5. The molecule has 0 atom stereocenters. The first-order valence-electron chi connectivity index (χ1n) is 11.2. The molecule has 0 aromatic heterocycles. The number of anilines is 1. The average molecular weight is 459 g/mol.